The number of aliphatic carboxylic acids is 1. The van der Waals surface area contributed by atoms with Gasteiger partial charge in [0, 0.05) is 12.1 Å². The van der Waals surface area contributed by atoms with E-state index in [1.807, 2.05) is 6.07 Å². The highest BCUT2D eigenvalue weighted by atomic mass is 35.5. The molecule has 1 atom stereocenters. The molecule has 3 rings (SSSR count). The number of amides is 4. The summed E-state index contributed by atoms with van der Waals surface area (Å²) >= 11 is 12.5. The van der Waals surface area contributed by atoms with Gasteiger partial charge in [-0.3, -0.25) is 9.59 Å². The fourth-order valence-corrected chi connectivity index (χ4v) is 3.95. The second-order valence-electron chi connectivity index (χ2n) is 8.05. The van der Waals surface area contributed by atoms with Gasteiger partial charge in [0.2, 0.25) is 5.91 Å². The van der Waals surface area contributed by atoms with E-state index in [1.54, 1.807) is 42.5 Å². The molecule has 0 saturated carbocycles. The molecule has 0 aliphatic carbocycles. The Morgan fingerprint density at radius 3 is 2.24 bits per heavy atom. The van der Waals surface area contributed by atoms with E-state index in [9.17, 15) is 29.4 Å². The summed E-state index contributed by atoms with van der Waals surface area (Å²) in [6.45, 7) is -0.465. The van der Waals surface area contributed by atoms with Crippen molar-refractivity contribution in [2.45, 2.75) is 19.0 Å². The van der Waals surface area contributed by atoms with Crippen molar-refractivity contribution in [2.24, 2.45) is 0 Å². The first kappa shape index (κ1) is 28.3. The average molecular weight is 559 g/mol. The molecule has 6 N–H and O–H groups in total. The summed E-state index contributed by atoms with van der Waals surface area (Å²) in [4.78, 5) is 49.2. The first-order valence-electron chi connectivity index (χ1n) is 11.3. The molecule has 198 valence electrons. The van der Waals surface area contributed by atoms with Gasteiger partial charge in [-0.1, -0.05) is 71.7 Å². The minimum atomic E-state index is -1.53. The number of aromatic hydroxyl groups is 1. The topological polar surface area (TPSA) is 157 Å². The maximum atomic E-state index is 12.9. The first-order chi connectivity index (χ1) is 18.2. The van der Waals surface area contributed by atoms with Gasteiger partial charge in [0.15, 0.2) is 0 Å². The number of anilines is 1. The standard InChI is InChI=1S/C26H24Cl2N4O6/c27-17-10-11-18(31-21(34)12-15-6-2-1-3-7-15)23(28)22(17)24(35)32-19(25(36)37)14-30-26(38)29-13-16-8-4-5-9-20(16)33/h1-11,19,33H,12-14H2,(H,31,34)(H,32,35)(H,36,37)(H2,29,30,38)/t19-/m0/s1. The van der Waals surface area contributed by atoms with Crippen molar-refractivity contribution < 1.29 is 29.4 Å². The van der Waals surface area contributed by atoms with E-state index >= 15 is 0 Å². The van der Waals surface area contributed by atoms with Gasteiger partial charge in [-0.25, -0.2) is 9.59 Å². The lowest BCUT2D eigenvalue weighted by Crippen LogP contribution is -2.50. The van der Waals surface area contributed by atoms with Crippen molar-refractivity contribution in [1.29, 1.82) is 0 Å². The van der Waals surface area contributed by atoms with E-state index in [0.717, 1.165) is 5.56 Å². The van der Waals surface area contributed by atoms with E-state index in [2.05, 4.69) is 21.3 Å². The fraction of sp³-hybridized carbons (Fsp3) is 0.154. The molecule has 0 aliphatic rings. The number of carbonyl (C=O) groups is 4. The van der Waals surface area contributed by atoms with E-state index in [0.29, 0.717) is 5.56 Å². The molecule has 10 nitrogen and oxygen atoms in total. The number of halogens is 2. The summed E-state index contributed by atoms with van der Waals surface area (Å²) < 4.78 is 0. The summed E-state index contributed by atoms with van der Waals surface area (Å²) in [6.07, 6.45) is 0.0695. The molecule has 0 saturated heterocycles. The SMILES string of the molecule is O=C(Cc1ccccc1)Nc1ccc(Cl)c(C(=O)N[C@@H](CNC(=O)NCc2ccccc2O)C(=O)O)c1Cl. The summed E-state index contributed by atoms with van der Waals surface area (Å²) in [6, 6.07) is 15.9. The molecular formula is C26H24Cl2N4O6. The Balaban J connectivity index is 1.62. The van der Waals surface area contributed by atoms with Crippen LogP contribution in [0.5, 0.6) is 5.75 Å². The number of phenols is 1. The minimum Gasteiger partial charge on any atom is -0.508 e. The molecular weight excluding hydrogens is 535 g/mol. The molecule has 12 heteroatoms. The summed E-state index contributed by atoms with van der Waals surface area (Å²) in [5.74, 6) is -2.72. The second-order valence-corrected chi connectivity index (χ2v) is 8.84. The monoisotopic (exact) mass is 558 g/mol. The third-order valence-corrected chi connectivity index (χ3v) is 6.01. The number of carboxylic acid groups (broad SMARTS) is 1. The van der Waals surface area contributed by atoms with Gasteiger partial charge >= 0.3 is 12.0 Å². The zero-order valence-corrected chi connectivity index (χ0v) is 21.3. The van der Waals surface area contributed by atoms with Crippen molar-refractivity contribution in [3.8, 4) is 5.75 Å². The van der Waals surface area contributed by atoms with E-state index < -0.39 is 30.5 Å². The zero-order chi connectivity index (χ0) is 27.7. The van der Waals surface area contributed by atoms with E-state index in [-0.39, 0.29) is 45.9 Å². The van der Waals surface area contributed by atoms with Gasteiger partial charge in [-0.05, 0) is 23.8 Å². The molecule has 0 unspecified atom stereocenters. The fourth-order valence-electron chi connectivity index (χ4n) is 3.36. The van der Waals surface area contributed by atoms with Crippen molar-refractivity contribution in [3.05, 3.63) is 93.5 Å². The smallest absolute Gasteiger partial charge is 0.328 e. The van der Waals surface area contributed by atoms with Gasteiger partial charge in [-0.2, -0.15) is 0 Å². The molecule has 3 aromatic rings. The molecule has 0 spiro atoms. The largest absolute Gasteiger partial charge is 0.508 e. The Bertz CT molecular complexity index is 1340. The maximum absolute atomic E-state index is 12.9. The van der Waals surface area contributed by atoms with Crippen LogP contribution in [-0.2, 0) is 22.6 Å². The molecule has 0 bridgehead atoms. The Morgan fingerprint density at radius 2 is 1.55 bits per heavy atom. The van der Waals surface area contributed by atoms with Crippen molar-refractivity contribution in [3.63, 3.8) is 0 Å². The summed E-state index contributed by atoms with van der Waals surface area (Å²) in [5.41, 5.74) is 1.12. The number of phenolic OH excluding ortho intramolecular Hbond substituents is 1. The molecule has 3 aromatic carbocycles. The number of benzene rings is 3. The van der Waals surface area contributed by atoms with Crippen LogP contribution in [0.15, 0.2) is 66.7 Å². The normalized spacial score (nSPS) is 11.2. The first-order valence-corrected chi connectivity index (χ1v) is 12.0. The number of rotatable bonds is 10. The van der Waals surface area contributed by atoms with Crippen LogP contribution < -0.4 is 21.3 Å². The van der Waals surface area contributed by atoms with Crippen LogP contribution in [0.25, 0.3) is 0 Å². The van der Waals surface area contributed by atoms with Crippen molar-refractivity contribution in [1.82, 2.24) is 16.0 Å². The van der Waals surface area contributed by atoms with Gasteiger partial charge in [0.05, 0.1) is 34.3 Å². The molecule has 0 radical (unpaired) electrons. The highest BCUT2D eigenvalue weighted by Gasteiger charge is 2.25. The Labute approximate surface area is 228 Å². The predicted octanol–water partition coefficient (Wildman–Crippen LogP) is 3.56. The zero-order valence-electron chi connectivity index (χ0n) is 19.8. The molecule has 0 fully saturated rings. The number of carboxylic acids is 1. The van der Waals surface area contributed by atoms with Crippen LogP contribution in [0.4, 0.5) is 10.5 Å². The van der Waals surface area contributed by atoms with Gasteiger partial charge in [0.25, 0.3) is 5.91 Å². The third-order valence-electron chi connectivity index (χ3n) is 5.30. The molecule has 38 heavy (non-hydrogen) atoms. The molecule has 4 amide bonds. The molecule has 0 aliphatic heterocycles. The highest BCUT2D eigenvalue weighted by molar-refractivity contribution is 6.41. The van der Waals surface area contributed by atoms with E-state index in [4.69, 9.17) is 23.2 Å². The van der Waals surface area contributed by atoms with Crippen molar-refractivity contribution in [2.75, 3.05) is 11.9 Å². The van der Waals surface area contributed by atoms with Crippen LogP contribution in [0.1, 0.15) is 21.5 Å². The summed E-state index contributed by atoms with van der Waals surface area (Å²) in [5, 5.41) is 28.8. The van der Waals surface area contributed by atoms with Gasteiger partial charge in [0.1, 0.15) is 11.8 Å². The van der Waals surface area contributed by atoms with E-state index in [1.165, 1.54) is 18.2 Å². The Morgan fingerprint density at radius 1 is 0.868 bits per heavy atom. The summed E-state index contributed by atoms with van der Waals surface area (Å²) in [7, 11) is 0. The van der Waals surface area contributed by atoms with Crippen molar-refractivity contribution >= 4 is 52.7 Å². The predicted molar refractivity (Wildman–Crippen MR) is 142 cm³/mol. The number of para-hydroxylation sites is 1. The Kier molecular flexibility index (Phi) is 9.92. The van der Waals surface area contributed by atoms with Gasteiger partial charge < -0.3 is 31.5 Å². The quantitative estimate of drug-likeness (QED) is 0.223. The average Bonchev–Trinajstić information content (AvgIpc) is 2.88. The lowest BCUT2D eigenvalue weighted by atomic mass is 10.1. The third kappa shape index (κ3) is 7.86. The van der Waals surface area contributed by atoms with Crippen LogP contribution in [0, 0.1) is 0 Å². The number of nitrogens with one attached hydrogen (secondary N) is 4. The number of hydrogen-bond donors (Lipinski definition) is 6. The van der Waals surface area contributed by atoms with Crippen LogP contribution >= 0.6 is 23.2 Å². The molecule has 0 heterocycles. The molecule has 0 aromatic heterocycles. The second kappa shape index (κ2) is 13.3. The number of hydrogen-bond acceptors (Lipinski definition) is 5. The van der Waals surface area contributed by atoms with Crippen LogP contribution in [0.2, 0.25) is 10.0 Å². The maximum Gasteiger partial charge on any atom is 0.328 e. The highest BCUT2D eigenvalue weighted by Crippen LogP contribution is 2.32. The minimum absolute atomic E-state index is 0.00337. The number of urea groups is 1. The number of carbonyl (C=O) groups excluding carboxylic acids is 3. The van der Waals surface area contributed by atoms with Crippen LogP contribution in [-0.4, -0.2) is 46.6 Å². The van der Waals surface area contributed by atoms with Crippen LogP contribution in [0.3, 0.4) is 0 Å². The lowest BCUT2D eigenvalue weighted by Gasteiger charge is -2.18. The lowest BCUT2D eigenvalue weighted by molar-refractivity contribution is -0.139. The Hall–Kier alpha value is -4.28. The van der Waals surface area contributed by atoms with Gasteiger partial charge in [-0.15, -0.1) is 0 Å².